The highest BCUT2D eigenvalue weighted by Gasteiger charge is 2.48. The summed E-state index contributed by atoms with van der Waals surface area (Å²) in [5.41, 5.74) is -1.35. The van der Waals surface area contributed by atoms with Crippen molar-refractivity contribution in [1.29, 1.82) is 0 Å². The summed E-state index contributed by atoms with van der Waals surface area (Å²) in [4.78, 5) is 36.1. The lowest BCUT2D eigenvalue weighted by Gasteiger charge is -2.37. The monoisotopic (exact) mass is 362 g/mol. The second kappa shape index (κ2) is 6.76. The van der Waals surface area contributed by atoms with Crippen molar-refractivity contribution in [2.24, 2.45) is 5.92 Å². The molecule has 7 nitrogen and oxygen atoms in total. The van der Waals surface area contributed by atoms with E-state index in [4.69, 9.17) is 25.4 Å². The fraction of sp³-hybridized carbons (Fsp3) is 0.632. The van der Waals surface area contributed by atoms with E-state index in [9.17, 15) is 14.4 Å². The summed E-state index contributed by atoms with van der Waals surface area (Å²) in [5, 5.41) is 0. The highest BCUT2D eigenvalue weighted by atomic mass is 16.7. The Hall–Kier alpha value is -2.33. The maximum absolute atomic E-state index is 12.3. The van der Waals surface area contributed by atoms with Gasteiger partial charge in [0.1, 0.15) is 5.76 Å². The van der Waals surface area contributed by atoms with Crippen LogP contribution < -0.4 is 0 Å². The molecule has 0 aromatic heterocycles. The zero-order chi connectivity index (χ0) is 18.9. The summed E-state index contributed by atoms with van der Waals surface area (Å²) in [7, 11) is 0. The largest absolute Gasteiger partial charge is 0.457 e. The quantitative estimate of drug-likeness (QED) is 0.307. The molecule has 2 heterocycles. The van der Waals surface area contributed by atoms with Gasteiger partial charge in [-0.15, -0.1) is 6.42 Å². The second-order valence-corrected chi connectivity index (χ2v) is 7.30. The molecule has 0 aromatic rings. The number of carbonyl (C=O) groups excluding carboxylic acids is 3. The summed E-state index contributed by atoms with van der Waals surface area (Å²) in [5.74, 6) is -0.689. The van der Waals surface area contributed by atoms with Gasteiger partial charge in [-0.05, 0) is 12.8 Å². The molecule has 2 fully saturated rings. The van der Waals surface area contributed by atoms with Crippen LogP contribution in [0.4, 0.5) is 0 Å². The highest BCUT2D eigenvalue weighted by molar-refractivity contribution is 6.36. The molecule has 3 aliphatic rings. The van der Waals surface area contributed by atoms with Crippen molar-refractivity contribution >= 4 is 17.7 Å². The first-order valence-electron chi connectivity index (χ1n) is 8.74. The van der Waals surface area contributed by atoms with E-state index in [0.717, 1.165) is 25.7 Å². The zero-order valence-electron chi connectivity index (χ0n) is 14.9. The third kappa shape index (κ3) is 3.91. The predicted octanol–water partition coefficient (Wildman–Crippen LogP) is 1.64. The van der Waals surface area contributed by atoms with Gasteiger partial charge in [-0.3, -0.25) is 4.79 Å². The molecular weight excluding hydrogens is 340 g/mol. The maximum Gasteiger partial charge on any atom is 0.379 e. The smallest absolute Gasteiger partial charge is 0.379 e. The highest BCUT2D eigenvalue weighted by Crippen LogP contribution is 2.41. The number of ether oxygens (including phenoxy) is 4. The average molecular weight is 362 g/mol. The molecule has 0 radical (unpaired) electrons. The summed E-state index contributed by atoms with van der Waals surface area (Å²) >= 11 is 0. The predicted molar refractivity (Wildman–Crippen MR) is 88.3 cm³/mol. The van der Waals surface area contributed by atoms with Gasteiger partial charge in [0, 0.05) is 19.8 Å². The fourth-order valence-corrected chi connectivity index (χ4v) is 3.52. The zero-order valence-corrected chi connectivity index (χ0v) is 14.9. The lowest BCUT2D eigenvalue weighted by molar-refractivity contribution is -0.208. The molecule has 1 aliphatic carbocycles. The Labute approximate surface area is 152 Å². The van der Waals surface area contributed by atoms with Gasteiger partial charge in [0.15, 0.2) is 11.7 Å². The van der Waals surface area contributed by atoms with Gasteiger partial charge in [-0.25, -0.2) is 9.59 Å². The number of ketones is 1. The van der Waals surface area contributed by atoms with Crippen molar-refractivity contribution in [3.8, 4) is 12.3 Å². The standard InChI is InChI=1S/C19H22O7/c1-4-19(12-7-5-6-8-12,26-17(22)16(21)14-11-23-14)10-13-9-15(20)25-18(2,3)24-13/h1,9,12,14H,5-8,10-11H2,2-3H3. The number of hydrogen-bond acceptors (Lipinski definition) is 7. The van der Waals surface area contributed by atoms with Crippen LogP contribution in [0.1, 0.15) is 46.0 Å². The first-order valence-corrected chi connectivity index (χ1v) is 8.74. The molecule has 2 unspecified atom stereocenters. The van der Waals surface area contributed by atoms with Crippen LogP contribution in [-0.2, 0) is 33.3 Å². The van der Waals surface area contributed by atoms with E-state index in [1.807, 2.05) is 0 Å². The van der Waals surface area contributed by atoms with E-state index in [0.29, 0.717) is 0 Å². The van der Waals surface area contributed by atoms with Crippen molar-refractivity contribution in [3.63, 3.8) is 0 Å². The first-order chi connectivity index (χ1) is 12.2. The van der Waals surface area contributed by atoms with Crippen molar-refractivity contribution in [2.45, 2.75) is 63.4 Å². The Kier molecular flexibility index (Phi) is 4.80. The molecule has 1 saturated carbocycles. The van der Waals surface area contributed by atoms with Gasteiger partial charge < -0.3 is 18.9 Å². The molecule has 3 rings (SSSR count). The topological polar surface area (TPSA) is 91.4 Å². The molecule has 0 bridgehead atoms. The molecule has 2 aliphatic heterocycles. The van der Waals surface area contributed by atoms with Crippen molar-refractivity contribution in [1.82, 2.24) is 0 Å². The minimum atomic E-state index is -1.35. The molecule has 2 atom stereocenters. The molecular formula is C19H22O7. The molecule has 0 N–H and O–H groups in total. The Bertz CT molecular complexity index is 689. The van der Waals surface area contributed by atoms with Gasteiger partial charge in [0.2, 0.25) is 5.79 Å². The Morgan fingerprint density at radius 1 is 1.35 bits per heavy atom. The van der Waals surface area contributed by atoms with Crippen LogP contribution in [0.25, 0.3) is 0 Å². The van der Waals surface area contributed by atoms with Crippen LogP contribution >= 0.6 is 0 Å². The summed E-state index contributed by atoms with van der Waals surface area (Å²) in [6, 6.07) is 0. The van der Waals surface area contributed by atoms with E-state index in [-0.39, 0.29) is 24.7 Å². The lowest BCUT2D eigenvalue weighted by atomic mass is 9.82. The Morgan fingerprint density at radius 3 is 2.54 bits per heavy atom. The SMILES string of the molecule is C#CC(CC1=CC(=O)OC(C)(C)O1)(OC(=O)C(=O)C1CO1)C1CCCC1. The summed E-state index contributed by atoms with van der Waals surface area (Å²) < 4.78 is 21.2. The summed E-state index contributed by atoms with van der Waals surface area (Å²) in [6.07, 6.45) is 9.71. The van der Waals surface area contributed by atoms with E-state index in [2.05, 4.69) is 5.92 Å². The minimum absolute atomic E-state index is 0.0112. The van der Waals surface area contributed by atoms with Crippen LogP contribution in [0.2, 0.25) is 0 Å². The van der Waals surface area contributed by atoms with Crippen LogP contribution in [0, 0.1) is 18.3 Å². The average Bonchev–Trinajstić information content (AvgIpc) is 3.25. The van der Waals surface area contributed by atoms with Gasteiger partial charge in [-0.1, -0.05) is 18.8 Å². The second-order valence-electron chi connectivity index (χ2n) is 7.30. The number of Topliss-reactive ketones (excluding diaryl/α,β-unsaturated/α-hetero) is 1. The molecule has 0 aromatic carbocycles. The number of esters is 2. The molecule has 0 spiro atoms. The van der Waals surface area contributed by atoms with E-state index < -0.39 is 35.2 Å². The summed E-state index contributed by atoms with van der Waals surface area (Å²) in [6.45, 7) is 3.42. The Balaban J connectivity index is 1.85. The molecule has 1 saturated heterocycles. The molecule has 7 heteroatoms. The fourth-order valence-electron chi connectivity index (χ4n) is 3.52. The third-order valence-corrected chi connectivity index (χ3v) is 4.80. The van der Waals surface area contributed by atoms with Crippen molar-refractivity contribution in [2.75, 3.05) is 6.61 Å². The van der Waals surface area contributed by atoms with Crippen LogP contribution in [0.5, 0.6) is 0 Å². The molecule has 0 amide bonds. The van der Waals surface area contributed by atoms with Crippen molar-refractivity contribution < 1.29 is 33.3 Å². The minimum Gasteiger partial charge on any atom is -0.457 e. The molecule has 140 valence electrons. The number of cyclic esters (lactones) is 1. The van der Waals surface area contributed by atoms with Gasteiger partial charge in [0.05, 0.1) is 19.1 Å². The maximum atomic E-state index is 12.3. The molecule has 26 heavy (non-hydrogen) atoms. The lowest BCUT2D eigenvalue weighted by Crippen LogP contribution is -2.45. The van der Waals surface area contributed by atoms with Gasteiger partial charge >= 0.3 is 11.9 Å². The van der Waals surface area contributed by atoms with E-state index in [1.54, 1.807) is 13.8 Å². The number of rotatable bonds is 6. The normalized spacial score (nSPS) is 26.6. The number of hydrogen-bond donors (Lipinski definition) is 0. The van der Waals surface area contributed by atoms with Crippen LogP contribution in [0.15, 0.2) is 11.8 Å². The number of terminal acetylenes is 1. The van der Waals surface area contributed by atoms with Crippen LogP contribution in [0.3, 0.4) is 0 Å². The Morgan fingerprint density at radius 2 is 2.00 bits per heavy atom. The van der Waals surface area contributed by atoms with Gasteiger partial charge in [0.25, 0.3) is 5.78 Å². The number of carbonyl (C=O) groups is 3. The first kappa shape index (κ1) is 18.5. The van der Waals surface area contributed by atoms with E-state index in [1.165, 1.54) is 6.08 Å². The van der Waals surface area contributed by atoms with E-state index >= 15 is 0 Å². The van der Waals surface area contributed by atoms with Crippen molar-refractivity contribution in [3.05, 3.63) is 11.8 Å². The van der Waals surface area contributed by atoms with Crippen LogP contribution in [-0.4, -0.2) is 41.8 Å². The number of epoxide rings is 1. The third-order valence-electron chi connectivity index (χ3n) is 4.80. The van der Waals surface area contributed by atoms with Gasteiger partial charge in [-0.2, -0.15) is 0 Å².